The minimum Gasteiger partial charge on any atom is -0.369 e. The van der Waals surface area contributed by atoms with Crippen LogP contribution in [0, 0.1) is 22.4 Å². The van der Waals surface area contributed by atoms with E-state index >= 15 is 0 Å². The van der Waals surface area contributed by atoms with Crippen LogP contribution in [0.25, 0.3) is 0 Å². The van der Waals surface area contributed by atoms with Gasteiger partial charge >= 0.3 is 0 Å². The standard InChI is InChI=1S/C15H15Cl2N5S.HNO3/c1-7-2-3-20-10-4-8(9-6-12(16)23-14(9)17)5-11(13(7)10)21-22-15(18)19;2-1(3)4/h2-3,6,8H,4-5H2,1H3,(H4,18,19,22);(H,2,3,4). The fraction of sp³-hybridized carbons (Fsp3) is 0.267. The maximum absolute atomic E-state index is 8.36. The summed E-state index contributed by atoms with van der Waals surface area (Å²) in [5, 5.41) is 25.2. The first-order valence-corrected chi connectivity index (χ1v) is 9.15. The summed E-state index contributed by atoms with van der Waals surface area (Å²) in [5.41, 5.74) is 12.8. The van der Waals surface area contributed by atoms with Crippen molar-refractivity contribution in [3.63, 3.8) is 0 Å². The number of hydrogen-bond donors (Lipinski definition) is 4. The van der Waals surface area contributed by atoms with Crippen LogP contribution in [0.3, 0.4) is 0 Å². The Bertz CT molecular complexity index is 898. The average Bonchev–Trinajstić information content (AvgIpc) is 2.90. The highest BCUT2D eigenvalue weighted by molar-refractivity contribution is 7.20. The Hall–Kier alpha value is -2.43. The quantitative estimate of drug-likeness (QED) is 0.248. The van der Waals surface area contributed by atoms with Crippen molar-refractivity contribution in [1.82, 2.24) is 10.4 Å². The van der Waals surface area contributed by atoms with Crippen molar-refractivity contribution in [2.24, 2.45) is 10.8 Å². The Morgan fingerprint density at radius 1 is 1.56 bits per heavy atom. The fourth-order valence-electron chi connectivity index (χ4n) is 2.88. The molecule has 0 aromatic carbocycles. The number of pyridine rings is 1. The molecular formula is C15H16Cl2N6O3S. The number of fused-ring (bicyclic) bond motifs is 1. The Kier molecular flexibility index (Phi) is 6.94. The van der Waals surface area contributed by atoms with Gasteiger partial charge in [0.15, 0.2) is 0 Å². The summed E-state index contributed by atoms with van der Waals surface area (Å²) in [7, 11) is 0. The van der Waals surface area contributed by atoms with Crippen molar-refractivity contribution in [2.75, 3.05) is 0 Å². The fourth-order valence-corrected chi connectivity index (χ4v) is 4.51. The van der Waals surface area contributed by atoms with Crippen LogP contribution in [0.4, 0.5) is 0 Å². The van der Waals surface area contributed by atoms with Crippen LogP contribution in [0.1, 0.15) is 34.7 Å². The SMILES string of the molecule is Cc1ccnc2c1C(=NNC(=N)N)CC(c1cc(Cl)sc1Cl)C2.O=[N+]([O-])O. The van der Waals surface area contributed by atoms with Gasteiger partial charge in [-0.2, -0.15) is 5.10 Å². The molecular weight excluding hydrogens is 415 g/mol. The van der Waals surface area contributed by atoms with Crippen LogP contribution in [0.2, 0.25) is 8.67 Å². The topological polar surface area (TPSA) is 151 Å². The number of nitrogens with two attached hydrogens (primary N) is 1. The summed E-state index contributed by atoms with van der Waals surface area (Å²) in [5.74, 6) is -0.0418. The van der Waals surface area contributed by atoms with Crippen molar-refractivity contribution in [2.45, 2.75) is 25.7 Å². The number of nitrogens with zero attached hydrogens (tertiary/aromatic N) is 3. The molecule has 0 bridgehead atoms. The smallest absolute Gasteiger partial charge is 0.291 e. The Morgan fingerprint density at radius 2 is 2.22 bits per heavy atom. The first-order valence-electron chi connectivity index (χ1n) is 7.58. The second-order valence-corrected chi connectivity index (χ2v) is 7.94. The molecule has 2 heterocycles. The number of hydrogen-bond acceptors (Lipinski definition) is 6. The summed E-state index contributed by atoms with van der Waals surface area (Å²) in [6.45, 7) is 2.03. The Balaban J connectivity index is 0.000000596. The molecule has 12 heteroatoms. The summed E-state index contributed by atoms with van der Waals surface area (Å²) in [6, 6.07) is 3.87. The van der Waals surface area contributed by atoms with Crippen LogP contribution in [0.15, 0.2) is 23.4 Å². The molecule has 1 aliphatic carbocycles. The number of hydrazone groups is 1. The van der Waals surface area contributed by atoms with E-state index in [9.17, 15) is 0 Å². The number of thiophene rings is 1. The highest BCUT2D eigenvalue weighted by Gasteiger charge is 2.29. The number of aromatic nitrogens is 1. The number of guanidine groups is 1. The van der Waals surface area contributed by atoms with Crippen molar-refractivity contribution >= 4 is 46.2 Å². The zero-order valence-electron chi connectivity index (χ0n) is 14.1. The van der Waals surface area contributed by atoms with E-state index < -0.39 is 5.09 Å². The van der Waals surface area contributed by atoms with E-state index in [2.05, 4.69) is 15.5 Å². The Morgan fingerprint density at radius 3 is 2.78 bits per heavy atom. The lowest BCUT2D eigenvalue weighted by Crippen LogP contribution is -2.29. The molecule has 0 saturated carbocycles. The third-order valence-electron chi connectivity index (χ3n) is 3.84. The molecule has 1 aliphatic rings. The van der Waals surface area contributed by atoms with E-state index in [-0.39, 0.29) is 11.9 Å². The van der Waals surface area contributed by atoms with Gasteiger partial charge in [-0.3, -0.25) is 10.4 Å². The van der Waals surface area contributed by atoms with Crippen molar-refractivity contribution in [3.05, 3.63) is 59.5 Å². The molecule has 9 nitrogen and oxygen atoms in total. The van der Waals surface area contributed by atoms with Crippen molar-refractivity contribution in [3.8, 4) is 0 Å². The van der Waals surface area contributed by atoms with E-state index in [0.717, 1.165) is 34.5 Å². The summed E-state index contributed by atoms with van der Waals surface area (Å²) >= 11 is 13.8. The molecule has 1 unspecified atom stereocenters. The molecule has 0 aliphatic heterocycles. The predicted molar refractivity (Wildman–Crippen MR) is 105 cm³/mol. The lowest BCUT2D eigenvalue weighted by atomic mass is 9.81. The molecule has 27 heavy (non-hydrogen) atoms. The lowest BCUT2D eigenvalue weighted by molar-refractivity contribution is -0.742. The van der Waals surface area contributed by atoms with Gasteiger partial charge in [0.2, 0.25) is 5.96 Å². The molecule has 2 aromatic rings. The Labute approximate surface area is 168 Å². The minimum atomic E-state index is -1.50. The zero-order valence-corrected chi connectivity index (χ0v) is 16.4. The van der Waals surface area contributed by atoms with E-state index in [1.165, 1.54) is 11.3 Å². The summed E-state index contributed by atoms with van der Waals surface area (Å²) in [4.78, 5) is 12.9. The van der Waals surface area contributed by atoms with Crippen LogP contribution in [-0.2, 0) is 6.42 Å². The molecule has 1 atom stereocenters. The van der Waals surface area contributed by atoms with Crippen molar-refractivity contribution in [1.29, 1.82) is 5.41 Å². The second-order valence-electron chi connectivity index (χ2n) is 5.66. The van der Waals surface area contributed by atoms with Gasteiger partial charge in [0, 0.05) is 11.8 Å². The highest BCUT2D eigenvalue weighted by Crippen LogP contribution is 2.41. The molecule has 2 aromatic heterocycles. The largest absolute Gasteiger partial charge is 0.369 e. The molecule has 0 amide bonds. The average molecular weight is 431 g/mol. The van der Waals surface area contributed by atoms with Gasteiger partial charge in [-0.1, -0.05) is 23.2 Å². The van der Waals surface area contributed by atoms with Gasteiger partial charge in [-0.25, -0.2) is 5.43 Å². The summed E-state index contributed by atoms with van der Waals surface area (Å²) in [6.07, 6.45) is 3.27. The lowest BCUT2D eigenvalue weighted by Gasteiger charge is -2.26. The first-order chi connectivity index (χ1) is 12.7. The normalized spacial score (nSPS) is 16.9. The minimum absolute atomic E-state index is 0.153. The monoisotopic (exact) mass is 430 g/mol. The molecule has 3 rings (SSSR count). The van der Waals surface area contributed by atoms with Gasteiger partial charge < -0.3 is 10.9 Å². The molecule has 144 valence electrons. The second kappa shape index (κ2) is 8.98. The number of nitrogens with one attached hydrogen (secondary N) is 2. The van der Waals surface area contributed by atoms with Crippen LogP contribution in [0.5, 0.6) is 0 Å². The summed E-state index contributed by atoms with van der Waals surface area (Å²) < 4.78 is 1.38. The predicted octanol–water partition coefficient (Wildman–Crippen LogP) is 3.33. The van der Waals surface area contributed by atoms with Crippen molar-refractivity contribution < 1.29 is 10.3 Å². The van der Waals surface area contributed by atoms with Gasteiger partial charge in [-0.15, -0.1) is 21.5 Å². The third kappa shape index (κ3) is 5.52. The van der Waals surface area contributed by atoms with Crippen LogP contribution in [-0.4, -0.2) is 26.9 Å². The van der Waals surface area contributed by atoms with E-state index in [1.807, 2.05) is 19.1 Å². The van der Waals surface area contributed by atoms with E-state index in [4.69, 9.17) is 49.7 Å². The maximum Gasteiger partial charge on any atom is 0.291 e. The first kappa shape index (κ1) is 20.9. The molecule has 0 saturated heterocycles. The van der Waals surface area contributed by atoms with Gasteiger partial charge in [0.1, 0.15) is 0 Å². The maximum atomic E-state index is 8.36. The van der Waals surface area contributed by atoms with Crippen LogP contribution < -0.4 is 11.2 Å². The van der Waals surface area contributed by atoms with E-state index in [1.54, 1.807) is 6.20 Å². The van der Waals surface area contributed by atoms with Crippen LogP contribution >= 0.6 is 34.5 Å². The van der Waals surface area contributed by atoms with Gasteiger partial charge in [-0.05, 0) is 48.9 Å². The van der Waals surface area contributed by atoms with E-state index in [0.29, 0.717) is 15.1 Å². The molecule has 5 N–H and O–H groups in total. The number of halogens is 2. The molecule has 0 spiro atoms. The number of rotatable bonds is 2. The number of aryl methyl sites for hydroxylation is 1. The van der Waals surface area contributed by atoms with Gasteiger partial charge in [0.05, 0.1) is 20.1 Å². The zero-order chi connectivity index (χ0) is 20.1. The molecule has 0 fully saturated rings. The third-order valence-corrected chi connectivity index (χ3v) is 5.36. The highest BCUT2D eigenvalue weighted by atomic mass is 35.5. The molecule has 0 radical (unpaired) electrons. The van der Waals surface area contributed by atoms with Gasteiger partial charge in [0.25, 0.3) is 5.09 Å².